The van der Waals surface area contributed by atoms with Crippen LogP contribution >= 0.6 is 23.2 Å². The predicted molar refractivity (Wildman–Crippen MR) is 142 cm³/mol. The van der Waals surface area contributed by atoms with Gasteiger partial charge in [-0.05, 0) is 62.5 Å². The number of halogens is 2. The second-order valence-electron chi connectivity index (χ2n) is 8.37. The van der Waals surface area contributed by atoms with Gasteiger partial charge in [-0.3, -0.25) is 14.4 Å². The van der Waals surface area contributed by atoms with Crippen LogP contribution in [0.15, 0.2) is 48.5 Å². The molecule has 0 saturated heterocycles. The van der Waals surface area contributed by atoms with Crippen molar-refractivity contribution in [2.45, 2.75) is 6.42 Å². The Labute approximate surface area is 223 Å². The minimum Gasteiger partial charge on any atom is -0.507 e. The van der Waals surface area contributed by atoms with Gasteiger partial charge in [0, 0.05) is 27.7 Å². The summed E-state index contributed by atoms with van der Waals surface area (Å²) in [4.78, 5) is 50.6. The molecule has 0 heterocycles. The molecule has 0 fully saturated rings. The monoisotopic (exact) mass is 542 g/mol. The van der Waals surface area contributed by atoms with Crippen molar-refractivity contribution >= 4 is 53.3 Å². The topological polar surface area (TPSA) is 113 Å². The van der Waals surface area contributed by atoms with Gasteiger partial charge in [-0.25, -0.2) is 4.79 Å². The minimum atomic E-state index is -0.782. The molecular formula is C27H24Cl2N2O6. The fraction of sp³-hybridized carbons (Fsp3) is 0.185. The third kappa shape index (κ3) is 6.95. The highest BCUT2D eigenvalue weighted by Crippen LogP contribution is 2.33. The van der Waals surface area contributed by atoms with Crippen LogP contribution in [0.25, 0.3) is 11.1 Å². The number of esters is 1. The van der Waals surface area contributed by atoms with Crippen LogP contribution in [0.3, 0.4) is 0 Å². The summed E-state index contributed by atoms with van der Waals surface area (Å²) in [5.74, 6) is -1.90. The number of phenolic OH excluding ortho intramolecular Hbond substituents is 1. The van der Waals surface area contributed by atoms with Crippen LogP contribution < -0.4 is 5.32 Å². The first-order valence-corrected chi connectivity index (χ1v) is 11.9. The maximum Gasteiger partial charge on any atom is 0.340 e. The van der Waals surface area contributed by atoms with Crippen molar-refractivity contribution in [1.29, 1.82) is 0 Å². The van der Waals surface area contributed by atoms with Crippen molar-refractivity contribution in [3.8, 4) is 16.9 Å². The Bertz CT molecular complexity index is 1360. The van der Waals surface area contributed by atoms with Crippen LogP contribution in [0.4, 0.5) is 5.69 Å². The van der Waals surface area contributed by atoms with Crippen molar-refractivity contribution < 1.29 is 29.0 Å². The van der Waals surface area contributed by atoms with E-state index in [1.165, 1.54) is 6.07 Å². The number of amides is 1. The first-order valence-electron chi connectivity index (χ1n) is 11.1. The van der Waals surface area contributed by atoms with E-state index in [1.54, 1.807) is 30.3 Å². The van der Waals surface area contributed by atoms with Crippen LogP contribution in [-0.4, -0.2) is 61.7 Å². The number of aldehydes is 2. The molecule has 0 atom stereocenters. The second-order valence-corrected chi connectivity index (χ2v) is 9.21. The molecule has 3 aromatic rings. The number of carbonyl (C=O) groups excluding carboxylic acids is 4. The largest absolute Gasteiger partial charge is 0.507 e. The number of ether oxygens (including phenoxy) is 1. The van der Waals surface area contributed by atoms with Crippen molar-refractivity contribution in [3.05, 3.63) is 80.8 Å². The van der Waals surface area contributed by atoms with Gasteiger partial charge in [0.25, 0.3) is 5.91 Å². The number of hydrogen-bond donors (Lipinski definition) is 2. The zero-order valence-electron chi connectivity index (χ0n) is 20.1. The van der Waals surface area contributed by atoms with E-state index in [0.717, 1.165) is 18.7 Å². The lowest BCUT2D eigenvalue weighted by molar-refractivity contribution is 0.0494. The molecule has 0 bridgehead atoms. The molecule has 192 valence electrons. The van der Waals surface area contributed by atoms with E-state index >= 15 is 0 Å². The number of anilines is 1. The number of phenols is 1. The zero-order chi connectivity index (χ0) is 27.1. The smallest absolute Gasteiger partial charge is 0.340 e. The zero-order valence-corrected chi connectivity index (χ0v) is 21.6. The lowest BCUT2D eigenvalue weighted by Gasteiger charge is -2.15. The Hall–Kier alpha value is -3.72. The van der Waals surface area contributed by atoms with Crippen LogP contribution in [-0.2, 0) is 4.74 Å². The summed E-state index contributed by atoms with van der Waals surface area (Å²) in [5, 5.41) is 13.5. The van der Waals surface area contributed by atoms with Gasteiger partial charge in [-0.15, -0.1) is 0 Å². The van der Waals surface area contributed by atoms with Gasteiger partial charge >= 0.3 is 5.97 Å². The summed E-state index contributed by atoms with van der Waals surface area (Å²) in [6.45, 7) is 0.894. The molecule has 3 aromatic carbocycles. The first-order chi connectivity index (χ1) is 17.6. The summed E-state index contributed by atoms with van der Waals surface area (Å²) in [6.07, 6.45) is 1.38. The van der Waals surface area contributed by atoms with E-state index in [0.29, 0.717) is 40.2 Å². The van der Waals surface area contributed by atoms with Crippen LogP contribution in [0.2, 0.25) is 10.0 Å². The maximum atomic E-state index is 13.1. The molecule has 0 aliphatic heterocycles. The lowest BCUT2D eigenvalue weighted by Crippen LogP contribution is -2.19. The summed E-state index contributed by atoms with van der Waals surface area (Å²) in [7, 11) is 3.81. The number of benzene rings is 3. The SMILES string of the molecule is CN(C)CCCOC(=O)c1ccc(-c2ccc(Cl)cc2Cl)cc1NC(=O)c1cc(O)c(C=O)cc1C=O. The summed E-state index contributed by atoms with van der Waals surface area (Å²) in [5.41, 5.74) is 0.931. The Morgan fingerprint density at radius 1 is 0.973 bits per heavy atom. The Balaban J connectivity index is 2.00. The van der Waals surface area contributed by atoms with E-state index in [-0.39, 0.29) is 34.5 Å². The number of nitrogens with one attached hydrogen (secondary N) is 1. The molecule has 0 saturated carbocycles. The molecule has 8 nitrogen and oxygen atoms in total. The van der Waals surface area contributed by atoms with Crippen LogP contribution in [0.5, 0.6) is 5.75 Å². The third-order valence-corrected chi connectivity index (χ3v) is 5.96. The molecule has 0 unspecified atom stereocenters. The highest BCUT2D eigenvalue weighted by atomic mass is 35.5. The van der Waals surface area contributed by atoms with E-state index in [1.807, 2.05) is 19.0 Å². The Morgan fingerprint density at radius 2 is 1.70 bits per heavy atom. The normalized spacial score (nSPS) is 10.7. The number of nitrogens with zero attached hydrogens (tertiary/aromatic N) is 1. The van der Waals surface area contributed by atoms with Gasteiger partial charge in [0.15, 0.2) is 12.6 Å². The highest BCUT2D eigenvalue weighted by molar-refractivity contribution is 6.36. The summed E-state index contributed by atoms with van der Waals surface area (Å²) >= 11 is 12.4. The molecule has 0 aliphatic carbocycles. The Kier molecular flexibility index (Phi) is 9.41. The van der Waals surface area contributed by atoms with Crippen molar-refractivity contribution in [2.24, 2.45) is 0 Å². The standard InChI is InChI=1S/C27H24Cl2N2O6/c1-31(2)8-3-9-37-27(36)21-6-4-16(20-7-5-19(28)12-23(20)29)11-24(21)30-26(35)22-13-25(34)18(15-33)10-17(22)14-32/h4-7,10-15,34H,3,8-9H2,1-2H3,(H,30,35). The quantitative estimate of drug-likeness (QED) is 0.201. The van der Waals surface area contributed by atoms with E-state index in [9.17, 15) is 24.3 Å². The molecule has 0 spiro atoms. The number of rotatable bonds is 10. The molecule has 3 rings (SSSR count). The van der Waals surface area contributed by atoms with Crippen LogP contribution in [0, 0.1) is 0 Å². The lowest BCUT2D eigenvalue weighted by atomic mass is 10.0. The molecule has 0 radical (unpaired) electrons. The fourth-order valence-corrected chi connectivity index (χ4v) is 4.06. The summed E-state index contributed by atoms with van der Waals surface area (Å²) < 4.78 is 5.39. The van der Waals surface area contributed by atoms with Gasteiger partial charge in [0.05, 0.1) is 29.0 Å². The molecule has 2 N–H and O–H groups in total. The van der Waals surface area contributed by atoms with E-state index in [4.69, 9.17) is 27.9 Å². The van der Waals surface area contributed by atoms with Gasteiger partial charge in [0.1, 0.15) is 5.75 Å². The van der Waals surface area contributed by atoms with Crippen LogP contribution in [0.1, 0.15) is 47.9 Å². The van der Waals surface area contributed by atoms with Crippen molar-refractivity contribution in [2.75, 3.05) is 32.6 Å². The number of aromatic hydroxyl groups is 1. The Morgan fingerprint density at radius 3 is 2.35 bits per heavy atom. The van der Waals surface area contributed by atoms with Gasteiger partial charge < -0.3 is 20.1 Å². The number of hydrogen-bond acceptors (Lipinski definition) is 7. The molecule has 10 heteroatoms. The average Bonchev–Trinajstić information content (AvgIpc) is 2.86. The number of carbonyl (C=O) groups is 4. The highest BCUT2D eigenvalue weighted by Gasteiger charge is 2.20. The maximum absolute atomic E-state index is 13.1. The molecule has 0 aromatic heterocycles. The molecule has 0 aliphatic rings. The van der Waals surface area contributed by atoms with Gasteiger partial charge in [-0.1, -0.05) is 35.3 Å². The van der Waals surface area contributed by atoms with Gasteiger partial charge in [0.2, 0.25) is 0 Å². The van der Waals surface area contributed by atoms with E-state index < -0.39 is 17.6 Å². The van der Waals surface area contributed by atoms with Gasteiger partial charge in [-0.2, -0.15) is 0 Å². The first kappa shape index (κ1) is 27.9. The van der Waals surface area contributed by atoms with E-state index in [2.05, 4.69) is 5.32 Å². The second kappa shape index (κ2) is 12.5. The molecular weight excluding hydrogens is 519 g/mol. The molecule has 1 amide bonds. The minimum absolute atomic E-state index is 0.0772. The fourth-order valence-electron chi connectivity index (χ4n) is 3.54. The summed E-state index contributed by atoms with van der Waals surface area (Å²) in [6, 6.07) is 11.7. The van der Waals surface area contributed by atoms with Crippen molar-refractivity contribution in [1.82, 2.24) is 4.90 Å². The molecule has 37 heavy (non-hydrogen) atoms. The van der Waals surface area contributed by atoms with Crippen molar-refractivity contribution in [3.63, 3.8) is 0 Å². The average molecular weight is 543 g/mol. The third-order valence-electron chi connectivity index (χ3n) is 5.41. The predicted octanol–water partition coefficient (Wildman–Crippen LogP) is 5.35.